The molecule has 0 aromatic carbocycles. The Kier molecular flexibility index (Phi) is 3.20. The maximum absolute atomic E-state index is 12.4. The summed E-state index contributed by atoms with van der Waals surface area (Å²) >= 11 is 0. The van der Waals surface area contributed by atoms with Gasteiger partial charge in [-0.05, 0) is 5.92 Å². The SMILES string of the molecule is COC(=O)C(F)C(C)C. The van der Waals surface area contributed by atoms with Crippen LogP contribution in [-0.4, -0.2) is 19.3 Å². The third kappa shape index (κ3) is 2.44. The number of esters is 1. The third-order valence-corrected chi connectivity index (χ3v) is 1.01. The van der Waals surface area contributed by atoms with E-state index in [4.69, 9.17) is 0 Å². The fourth-order valence-electron chi connectivity index (χ4n) is 0.385. The zero-order chi connectivity index (χ0) is 7.44. The molecule has 0 bridgehead atoms. The van der Waals surface area contributed by atoms with Crippen LogP contribution in [0.4, 0.5) is 4.39 Å². The summed E-state index contributed by atoms with van der Waals surface area (Å²) in [6.07, 6.45) is -1.48. The lowest BCUT2D eigenvalue weighted by molar-refractivity contribution is -0.148. The van der Waals surface area contributed by atoms with Crippen molar-refractivity contribution in [2.24, 2.45) is 5.92 Å². The zero-order valence-corrected chi connectivity index (χ0v) is 5.85. The third-order valence-electron chi connectivity index (χ3n) is 1.01. The molecule has 54 valence electrons. The van der Waals surface area contributed by atoms with Crippen LogP contribution in [0.5, 0.6) is 0 Å². The van der Waals surface area contributed by atoms with Gasteiger partial charge in [0.15, 0.2) is 6.17 Å². The summed E-state index contributed by atoms with van der Waals surface area (Å²) in [5, 5.41) is 0. The number of hydrogen-bond acceptors (Lipinski definition) is 2. The van der Waals surface area contributed by atoms with E-state index in [1.54, 1.807) is 13.8 Å². The summed E-state index contributed by atoms with van der Waals surface area (Å²) in [7, 11) is 1.18. The molecule has 0 amide bonds. The Morgan fingerprint density at radius 1 is 1.56 bits per heavy atom. The molecule has 3 heteroatoms. The highest BCUT2D eigenvalue weighted by atomic mass is 19.1. The molecular weight excluding hydrogens is 123 g/mol. The first-order chi connectivity index (χ1) is 4.09. The Balaban J connectivity index is 3.72. The lowest BCUT2D eigenvalue weighted by atomic mass is 10.1. The van der Waals surface area contributed by atoms with Crippen molar-refractivity contribution in [2.75, 3.05) is 7.11 Å². The first-order valence-corrected chi connectivity index (χ1v) is 2.81. The fourth-order valence-corrected chi connectivity index (χ4v) is 0.385. The summed E-state index contributed by atoms with van der Waals surface area (Å²) < 4.78 is 16.6. The number of ether oxygens (including phenoxy) is 1. The molecule has 0 saturated carbocycles. The Bertz CT molecular complexity index is 101. The predicted molar refractivity (Wildman–Crippen MR) is 31.7 cm³/mol. The van der Waals surface area contributed by atoms with Crippen LogP contribution in [0.1, 0.15) is 13.8 Å². The van der Waals surface area contributed by atoms with Crippen molar-refractivity contribution < 1.29 is 13.9 Å². The standard InChI is InChI=1S/C6H11FO2/c1-4(2)5(7)6(8)9-3/h4-5H,1-3H3. The lowest BCUT2D eigenvalue weighted by Crippen LogP contribution is -2.22. The van der Waals surface area contributed by atoms with Crippen LogP contribution in [0, 0.1) is 5.92 Å². The largest absolute Gasteiger partial charge is 0.467 e. The first-order valence-electron chi connectivity index (χ1n) is 2.81. The highest BCUT2D eigenvalue weighted by molar-refractivity contribution is 5.74. The van der Waals surface area contributed by atoms with Crippen molar-refractivity contribution >= 4 is 5.97 Å². The number of alkyl halides is 1. The highest BCUT2D eigenvalue weighted by Crippen LogP contribution is 2.06. The minimum Gasteiger partial charge on any atom is -0.467 e. The van der Waals surface area contributed by atoms with Crippen LogP contribution in [-0.2, 0) is 9.53 Å². The van der Waals surface area contributed by atoms with Crippen LogP contribution in [0.2, 0.25) is 0 Å². The Hall–Kier alpha value is -0.600. The molecule has 0 aliphatic carbocycles. The smallest absolute Gasteiger partial charge is 0.340 e. The van der Waals surface area contributed by atoms with Crippen molar-refractivity contribution in [3.8, 4) is 0 Å². The van der Waals surface area contributed by atoms with Gasteiger partial charge in [-0.2, -0.15) is 0 Å². The van der Waals surface area contributed by atoms with Crippen LogP contribution in [0.25, 0.3) is 0 Å². The van der Waals surface area contributed by atoms with E-state index in [9.17, 15) is 9.18 Å². The molecule has 0 rings (SSSR count). The summed E-state index contributed by atoms with van der Waals surface area (Å²) in [5.41, 5.74) is 0. The molecule has 2 nitrogen and oxygen atoms in total. The number of rotatable bonds is 2. The van der Waals surface area contributed by atoms with Gasteiger partial charge in [0.2, 0.25) is 0 Å². The van der Waals surface area contributed by atoms with Gasteiger partial charge in [0, 0.05) is 0 Å². The van der Waals surface area contributed by atoms with E-state index in [0.29, 0.717) is 0 Å². The van der Waals surface area contributed by atoms with Gasteiger partial charge in [-0.15, -0.1) is 0 Å². The number of carbonyl (C=O) groups excluding carboxylic acids is 1. The van der Waals surface area contributed by atoms with Crippen LogP contribution < -0.4 is 0 Å². The second-order valence-electron chi connectivity index (χ2n) is 2.17. The molecule has 0 N–H and O–H groups in total. The normalized spacial score (nSPS) is 13.4. The van der Waals surface area contributed by atoms with Crippen molar-refractivity contribution in [1.29, 1.82) is 0 Å². The Morgan fingerprint density at radius 3 is 2.11 bits per heavy atom. The van der Waals surface area contributed by atoms with Gasteiger partial charge >= 0.3 is 5.97 Å². The molecule has 9 heavy (non-hydrogen) atoms. The van der Waals surface area contributed by atoms with Crippen LogP contribution >= 0.6 is 0 Å². The zero-order valence-electron chi connectivity index (χ0n) is 5.85. The van der Waals surface area contributed by atoms with E-state index in [0.717, 1.165) is 0 Å². The summed E-state index contributed by atoms with van der Waals surface area (Å²) in [6.45, 7) is 3.25. The molecule has 0 aromatic rings. The number of methoxy groups -OCH3 is 1. The first kappa shape index (κ1) is 8.40. The minimum absolute atomic E-state index is 0.294. The molecule has 1 atom stereocenters. The number of halogens is 1. The second-order valence-corrected chi connectivity index (χ2v) is 2.17. The fraction of sp³-hybridized carbons (Fsp3) is 0.833. The quantitative estimate of drug-likeness (QED) is 0.529. The minimum atomic E-state index is -1.48. The average Bonchev–Trinajstić information content (AvgIpc) is 1.84. The van der Waals surface area contributed by atoms with E-state index >= 15 is 0 Å². The van der Waals surface area contributed by atoms with Crippen molar-refractivity contribution in [1.82, 2.24) is 0 Å². The molecule has 1 unspecified atom stereocenters. The van der Waals surface area contributed by atoms with E-state index in [1.807, 2.05) is 0 Å². The average molecular weight is 134 g/mol. The molecule has 0 saturated heterocycles. The van der Waals surface area contributed by atoms with Gasteiger partial charge in [-0.1, -0.05) is 13.8 Å². The highest BCUT2D eigenvalue weighted by Gasteiger charge is 2.20. The predicted octanol–water partition coefficient (Wildman–Crippen LogP) is 1.15. The van der Waals surface area contributed by atoms with Crippen molar-refractivity contribution in [3.63, 3.8) is 0 Å². The molecule has 0 heterocycles. The van der Waals surface area contributed by atoms with Crippen LogP contribution in [0.3, 0.4) is 0 Å². The van der Waals surface area contributed by atoms with Gasteiger partial charge in [0.05, 0.1) is 7.11 Å². The maximum Gasteiger partial charge on any atom is 0.340 e. The van der Waals surface area contributed by atoms with Gasteiger partial charge in [-0.25, -0.2) is 9.18 Å². The number of hydrogen-bond donors (Lipinski definition) is 0. The van der Waals surface area contributed by atoms with Gasteiger partial charge in [-0.3, -0.25) is 0 Å². The molecule has 0 aliphatic heterocycles. The summed E-state index contributed by atoms with van der Waals surface area (Å²) in [5.74, 6) is -1.08. The summed E-state index contributed by atoms with van der Waals surface area (Å²) in [4.78, 5) is 10.4. The monoisotopic (exact) mass is 134 g/mol. The van der Waals surface area contributed by atoms with E-state index in [2.05, 4.69) is 4.74 Å². The Morgan fingerprint density at radius 2 is 2.00 bits per heavy atom. The molecule has 0 radical (unpaired) electrons. The van der Waals surface area contributed by atoms with Gasteiger partial charge in [0.1, 0.15) is 0 Å². The molecule has 0 spiro atoms. The maximum atomic E-state index is 12.4. The van der Waals surface area contributed by atoms with E-state index in [1.165, 1.54) is 7.11 Å². The molecule has 0 aromatic heterocycles. The second kappa shape index (κ2) is 3.43. The molecule has 0 fully saturated rings. The van der Waals surface area contributed by atoms with E-state index in [-0.39, 0.29) is 5.92 Å². The molecule has 0 aliphatic rings. The molecular formula is C6H11FO2. The van der Waals surface area contributed by atoms with Crippen molar-refractivity contribution in [3.05, 3.63) is 0 Å². The van der Waals surface area contributed by atoms with Gasteiger partial charge < -0.3 is 4.74 Å². The lowest BCUT2D eigenvalue weighted by Gasteiger charge is -2.07. The van der Waals surface area contributed by atoms with Crippen LogP contribution in [0.15, 0.2) is 0 Å². The van der Waals surface area contributed by atoms with E-state index < -0.39 is 12.1 Å². The summed E-state index contributed by atoms with van der Waals surface area (Å²) in [6, 6.07) is 0. The Labute approximate surface area is 54.0 Å². The topological polar surface area (TPSA) is 26.3 Å². The van der Waals surface area contributed by atoms with Gasteiger partial charge in [0.25, 0.3) is 0 Å². The van der Waals surface area contributed by atoms with Crippen molar-refractivity contribution in [2.45, 2.75) is 20.0 Å². The number of carbonyl (C=O) groups is 1.